The molecule has 2 rings (SSSR count). The summed E-state index contributed by atoms with van der Waals surface area (Å²) < 4.78 is 11.2. The zero-order valence-electron chi connectivity index (χ0n) is 13.9. The number of hydrogen-bond donors (Lipinski definition) is 0. The van der Waals surface area contributed by atoms with E-state index in [2.05, 4.69) is 15.9 Å². The summed E-state index contributed by atoms with van der Waals surface area (Å²) in [6, 6.07) is 7.63. The van der Waals surface area contributed by atoms with E-state index in [1.165, 1.54) is 23.8 Å². The highest BCUT2D eigenvalue weighted by molar-refractivity contribution is 9.10. The third-order valence-electron chi connectivity index (χ3n) is 3.90. The minimum Gasteiger partial charge on any atom is -0.467 e. The molecule has 5 nitrogen and oxygen atoms in total. The maximum atomic E-state index is 12.6. The first-order valence-corrected chi connectivity index (χ1v) is 9.62. The van der Waals surface area contributed by atoms with Crippen molar-refractivity contribution in [3.63, 3.8) is 0 Å². The number of thioether (sulfide) groups is 1. The Kier molecular flexibility index (Phi) is 6.98. The molecule has 0 spiro atoms. The standard InChI is InChI=1S/C17H22BrNO4S/c1-3-4-12-23-16(21)19-11-7-10-17(19,15(20)22-2)24-14-9-6-5-8-13(14)18/h5-6,8-9H,3-4,7,10-12H2,1-2H3. The number of ether oxygens (including phenoxy) is 2. The van der Waals surface area contributed by atoms with Crippen molar-refractivity contribution in [1.82, 2.24) is 4.90 Å². The van der Waals surface area contributed by atoms with E-state index in [9.17, 15) is 9.59 Å². The van der Waals surface area contributed by atoms with Crippen molar-refractivity contribution in [3.05, 3.63) is 28.7 Å². The van der Waals surface area contributed by atoms with Gasteiger partial charge in [0, 0.05) is 15.9 Å². The number of halogens is 1. The molecule has 1 amide bonds. The van der Waals surface area contributed by atoms with Gasteiger partial charge in [0.25, 0.3) is 0 Å². The van der Waals surface area contributed by atoms with Gasteiger partial charge in [-0.1, -0.05) is 37.2 Å². The summed E-state index contributed by atoms with van der Waals surface area (Å²) in [7, 11) is 1.35. The highest BCUT2D eigenvalue weighted by Crippen LogP contribution is 2.46. The second-order valence-electron chi connectivity index (χ2n) is 5.53. The van der Waals surface area contributed by atoms with Crippen LogP contribution >= 0.6 is 27.7 Å². The molecule has 0 aromatic heterocycles. The van der Waals surface area contributed by atoms with E-state index in [-0.39, 0.29) is 0 Å². The molecule has 1 aromatic rings. The molecule has 132 valence electrons. The number of esters is 1. The monoisotopic (exact) mass is 415 g/mol. The van der Waals surface area contributed by atoms with Gasteiger partial charge in [-0.25, -0.2) is 9.59 Å². The van der Waals surface area contributed by atoms with Crippen LogP contribution in [-0.2, 0) is 14.3 Å². The van der Waals surface area contributed by atoms with E-state index < -0.39 is 16.9 Å². The third-order valence-corrected chi connectivity index (χ3v) is 6.36. The topological polar surface area (TPSA) is 55.8 Å². The molecule has 24 heavy (non-hydrogen) atoms. The molecule has 0 aliphatic carbocycles. The van der Waals surface area contributed by atoms with E-state index >= 15 is 0 Å². The first-order valence-electron chi connectivity index (χ1n) is 8.01. The lowest BCUT2D eigenvalue weighted by molar-refractivity contribution is -0.147. The molecule has 1 aliphatic rings. The lowest BCUT2D eigenvalue weighted by Crippen LogP contribution is -2.51. The Morgan fingerprint density at radius 1 is 1.38 bits per heavy atom. The zero-order valence-corrected chi connectivity index (χ0v) is 16.3. The number of amides is 1. The van der Waals surface area contributed by atoms with E-state index in [1.54, 1.807) is 0 Å². The molecule has 1 aromatic carbocycles. The molecule has 1 saturated heterocycles. The smallest absolute Gasteiger partial charge is 0.411 e. The van der Waals surface area contributed by atoms with E-state index in [0.29, 0.717) is 19.6 Å². The summed E-state index contributed by atoms with van der Waals surface area (Å²) in [5.41, 5.74) is 0. The van der Waals surface area contributed by atoms with Gasteiger partial charge < -0.3 is 9.47 Å². The summed E-state index contributed by atoms with van der Waals surface area (Å²) in [5, 5.41) is 0. The first-order chi connectivity index (χ1) is 11.5. The van der Waals surface area contributed by atoms with Crippen molar-refractivity contribution in [3.8, 4) is 0 Å². The minimum absolute atomic E-state index is 0.364. The van der Waals surface area contributed by atoms with Gasteiger partial charge in [-0.05, 0) is 47.3 Å². The second-order valence-corrected chi connectivity index (χ2v) is 7.71. The number of unbranched alkanes of at least 4 members (excludes halogenated alkanes) is 1. The van der Waals surface area contributed by atoms with Crippen LogP contribution in [-0.4, -0.2) is 42.1 Å². The molecule has 7 heteroatoms. The van der Waals surface area contributed by atoms with Crippen LogP contribution in [0.3, 0.4) is 0 Å². The van der Waals surface area contributed by atoms with Crippen LogP contribution in [0.25, 0.3) is 0 Å². The number of benzene rings is 1. The Hall–Kier alpha value is -1.21. The van der Waals surface area contributed by atoms with Crippen molar-refractivity contribution < 1.29 is 19.1 Å². The van der Waals surface area contributed by atoms with E-state index in [4.69, 9.17) is 9.47 Å². The van der Waals surface area contributed by atoms with Gasteiger partial charge in [0.2, 0.25) is 0 Å². The molecule has 1 fully saturated rings. The van der Waals surface area contributed by atoms with Crippen LogP contribution in [0.15, 0.2) is 33.6 Å². The lowest BCUT2D eigenvalue weighted by Gasteiger charge is -2.34. The Balaban J connectivity index is 2.27. The van der Waals surface area contributed by atoms with Crippen molar-refractivity contribution >= 4 is 39.8 Å². The fraction of sp³-hybridized carbons (Fsp3) is 0.529. The van der Waals surface area contributed by atoms with Crippen LogP contribution in [0, 0.1) is 0 Å². The molecule has 1 heterocycles. The van der Waals surface area contributed by atoms with Crippen LogP contribution < -0.4 is 0 Å². The fourth-order valence-corrected chi connectivity index (χ4v) is 4.53. The van der Waals surface area contributed by atoms with Gasteiger partial charge in [-0.2, -0.15) is 0 Å². The zero-order chi connectivity index (χ0) is 17.6. The maximum absolute atomic E-state index is 12.6. The number of rotatable bonds is 6. The summed E-state index contributed by atoms with van der Waals surface area (Å²) in [5.74, 6) is -0.423. The van der Waals surface area contributed by atoms with Crippen LogP contribution in [0.1, 0.15) is 32.6 Å². The summed E-state index contributed by atoms with van der Waals surface area (Å²) >= 11 is 4.84. The Morgan fingerprint density at radius 2 is 2.12 bits per heavy atom. The van der Waals surface area contributed by atoms with Gasteiger partial charge in [0.15, 0.2) is 4.87 Å². The Bertz CT molecular complexity index is 598. The summed E-state index contributed by atoms with van der Waals surface area (Å²) in [6.07, 6.45) is 2.57. The molecule has 0 radical (unpaired) electrons. The molecule has 0 saturated carbocycles. The van der Waals surface area contributed by atoms with E-state index in [0.717, 1.165) is 28.6 Å². The highest BCUT2D eigenvalue weighted by atomic mass is 79.9. The molecule has 0 N–H and O–H groups in total. The largest absolute Gasteiger partial charge is 0.467 e. The van der Waals surface area contributed by atoms with Gasteiger partial charge in [0.05, 0.1) is 13.7 Å². The number of likely N-dealkylation sites (tertiary alicyclic amines) is 1. The lowest BCUT2D eigenvalue weighted by atomic mass is 10.2. The van der Waals surface area contributed by atoms with Gasteiger partial charge in [-0.15, -0.1) is 0 Å². The predicted octanol–water partition coefficient (Wildman–Crippen LogP) is 4.44. The van der Waals surface area contributed by atoms with Crippen molar-refractivity contribution in [2.45, 2.75) is 42.4 Å². The van der Waals surface area contributed by atoms with Crippen LogP contribution in [0.4, 0.5) is 4.79 Å². The molecule has 1 atom stereocenters. The number of hydrogen-bond acceptors (Lipinski definition) is 5. The SMILES string of the molecule is CCCCOC(=O)N1CCCC1(Sc1ccccc1Br)C(=O)OC. The van der Waals surface area contributed by atoms with Gasteiger partial charge in [0.1, 0.15) is 0 Å². The van der Waals surface area contributed by atoms with Gasteiger partial charge >= 0.3 is 12.1 Å². The molecular weight excluding hydrogens is 394 g/mol. The normalized spacial score (nSPS) is 20.0. The quantitative estimate of drug-likeness (QED) is 0.507. The van der Waals surface area contributed by atoms with Crippen molar-refractivity contribution in [2.75, 3.05) is 20.3 Å². The highest BCUT2D eigenvalue weighted by Gasteiger charge is 2.52. The minimum atomic E-state index is -1.08. The summed E-state index contributed by atoms with van der Waals surface area (Å²) in [4.78, 5) is 26.4. The second kappa shape index (κ2) is 8.76. The first kappa shape index (κ1) is 19.1. The van der Waals surface area contributed by atoms with E-state index in [1.807, 2.05) is 31.2 Å². The number of nitrogens with zero attached hydrogens (tertiary/aromatic N) is 1. The van der Waals surface area contributed by atoms with Crippen LogP contribution in [0.2, 0.25) is 0 Å². The predicted molar refractivity (Wildman–Crippen MR) is 96.9 cm³/mol. The molecular formula is C17H22BrNO4S. The number of carbonyl (C=O) groups is 2. The van der Waals surface area contributed by atoms with Crippen LogP contribution in [0.5, 0.6) is 0 Å². The molecule has 1 aliphatic heterocycles. The van der Waals surface area contributed by atoms with Gasteiger partial charge in [-0.3, -0.25) is 4.90 Å². The fourth-order valence-electron chi connectivity index (χ4n) is 2.64. The van der Waals surface area contributed by atoms with Crippen molar-refractivity contribution in [2.24, 2.45) is 0 Å². The molecule has 0 bridgehead atoms. The Morgan fingerprint density at radius 3 is 2.79 bits per heavy atom. The molecule has 1 unspecified atom stereocenters. The number of carbonyl (C=O) groups excluding carboxylic acids is 2. The van der Waals surface area contributed by atoms with Crippen molar-refractivity contribution in [1.29, 1.82) is 0 Å². The summed E-state index contributed by atoms with van der Waals surface area (Å²) in [6.45, 7) is 2.88. The third kappa shape index (κ3) is 4.06. The average Bonchev–Trinajstić information content (AvgIpc) is 3.01. The Labute approximate surface area is 155 Å². The maximum Gasteiger partial charge on any atom is 0.411 e. The average molecular weight is 416 g/mol. The number of methoxy groups -OCH3 is 1.